The van der Waals surface area contributed by atoms with Gasteiger partial charge in [-0.1, -0.05) is 24.3 Å². The van der Waals surface area contributed by atoms with Crippen molar-refractivity contribution in [3.63, 3.8) is 0 Å². The number of nitrogens with one attached hydrogen (secondary N) is 3. The molecular weight excluding hydrogens is 432 g/mol. The number of benzene rings is 2. The molecule has 3 N–H and O–H groups in total. The van der Waals surface area contributed by atoms with Gasteiger partial charge >= 0.3 is 0 Å². The second kappa shape index (κ2) is 9.93. The summed E-state index contributed by atoms with van der Waals surface area (Å²) in [4.78, 5) is 29.6. The zero-order chi connectivity index (χ0) is 23.3. The summed E-state index contributed by atoms with van der Waals surface area (Å²) in [7, 11) is 0. The predicted octanol–water partition coefficient (Wildman–Crippen LogP) is 2.30. The van der Waals surface area contributed by atoms with Gasteiger partial charge in [-0.3, -0.25) is 14.6 Å². The van der Waals surface area contributed by atoms with Crippen LogP contribution in [0, 0.1) is 0 Å². The molecule has 2 aromatic carbocycles. The van der Waals surface area contributed by atoms with Crippen LogP contribution in [0.15, 0.2) is 67.0 Å². The van der Waals surface area contributed by atoms with E-state index in [1.54, 1.807) is 24.5 Å². The van der Waals surface area contributed by atoms with E-state index in [-0.39, 0.29) is 30.6 Å². The van der Waals surface area contributed by atoms with Gasteiger partial charge in [0.2, 0.25) is 0 Å². The minimum absolute atomic E-state index is 0.0948. The molecular formula is C26H26N4O4. The first kappa shape index (κ1) is 21.9. The zero-order valence-corrected chi connectivity index (χ0v) is 18.6. The lowest BCUT2D eigenvalue weighted by Crippen LogP contribution is -2.55. The molecule has 2 amide bonds. The minimum atomic E-state index is -0.210. The minimum Gasteiger partial charge on any atom is -0.488 e. The van der Waals surface area contributed by atoms with Gasteiger partial charge in [-0.15, -0.1) is 0 Å². The van der Waals surface area contributed by atoms with E-state index < -0.39 is 0 Å². The first-order chi connectivity index (χ1) is 16.6. The summed E-state index contributed by atoms with van der Waals surface area (Å²) in [6, 6.07) is 16.6. The number of piperidine rings is 1. The fraction of sp³-hybridized carbons (Fsp3) is 0.269. The van der Waals surface area contributed by atoms with Gasteiger partial charge < -0.3 is 25.4 Å². The van der Waals surface area contributed by atoms with Gasteiger partial charge in [-0.05, 0) is 54.4 Å². The topological polar surface area (TPSA) is 102 Å². The highest BCUT2D eigenvalue weighted by atomic mass is 16.5. The second-order valence-corrected chi connectivity index (χ2v) is 8.43. The van der Waals surface area contributed by atoms with Crippen molar-refractivity contribution in [2.75, 3.05) is 19.7 Å². The molecule has 3 aromatic rings. The molecule has 34 heavy (non-hydrogen) atoms. The van der Waals surface area contributed by atoms with Crippen LogP contribution in [0.4, 0.5) is 0 Å². The molecule has 4 heterocycles. The van der Waals surface area contributed by atoms with Crippen molar-refractivity contribution < 1.29 is 19.1 Å². The van der Waals surface area contributed by atoms with Gasteiger partial charge in [0.05, 0.1) is 11.6 Å². The highest BCUT2D eigenvalue weighted by molar-refractivity contribution is 5.95. The first-order valence-corrected chi connectivity index (χ1v) is 11.4. The molecule has 174 valence electrons. The van der Waals surface area contributed by atoms with Crippen LogP contribution in [-0.2, 0) is 11.3 Å². The summed E-state index contributed by atoms with van der Waals surface area (Å²) >= 11 is 0. The van der Waals surface area contributed by atoms with Gasteiger partial charge in [0.1, 0.15) is 17.6 Å². The van der Waals surface area contributed by atoms with E-state index in [0.29, 0.717) is 24.4 Å². The molecule has 0 radical (unpaired) electrons. The van der Waals surface area contributed by atoms with E-state index in [2.05, 4.69) is 20.9 Å². The van der Waals surface area contributed by atoms with Crippen LogP contribution in [-0.4, -0.2) is 48.6 Å². The molecule has 8 nitrogen and oxygen atoms in total. The molecule has 0 saturated carbocycles. The third-order valence-electron chi connectivity index (χ3n) is 5.97. The Morgan fingerprint density at radius 3 is 2.65 bits per heavy atom. The van der Waals surface area contributed by atoms with Crippen LogP contribution in [0.2, 0.25) is 0 Å². The molecule has 3 aliphatic rings. The SMILES string of the molecule is O=C1COc2cccc(c2)-c2cncc(c2)C(=O)N[C@@H]2CNCC[C@@H]2Oc2ccc(cc2)CN1. The molecule has 1 aromatic heterocycles. The number of rotatable bonds is 0. The third kappa shape index (κ3) is 5.18. The summed E-state index contributed by atoms with van der Waals surface area (Å²) in [5, 5.41) is 9.32. The number of hydrogen-bond acceptors (Lipinski definition) is 6. The summed E-state index contributed by atoms with van der Waals surface area (Å²) in [6.07, 6.45) is 3.87. The average Bonchev–Trinajstić information content (AvgIpc) is 2.88. The number of fused-ring (bicyclic) bond motifs is 7. The van der Waals surface area contributed by atoms with Gasteiger partial charge in [0.25, 0.3) is 11.8 Å². The van der Waals surface area contributed by atoms with Crippen molar-refractivity contribution in [2.45, 2.75) is 25.1 Å². The number of ether oxygens (including phenoxy) is 2. The lowest BCUT2D eigenvalue weighted by molar-refractivity contribution is -0.123. The standard InChI is InChI=1S/C26H26N4O4/c31-25-16-33-22-3-1-2-18(11-22)19-10-20(14-28-13-19)26(32)30-23-15-27-9-8-24(23)34-21-6-4-17(5-7-21)12-29-25/h1-7,10-11,13-14,23-24,27H,8-9,12,15-16H2,(H,29,31)(H,30,32)/t23-,24+/m1/s1. The lowest BCUT2D eigenvalue weighted by atomic mass is 10.0. The van der Waals surface area contributed by atoms with Crippen LogP contribution >= 0.6 is 0 Å². The largest absolute Gasteiger partial charge is 0.488 e. The van der Waals surface area contributed by atoms with Crippen LogP contribution in [0.1, 0.15) is 22.3 Å². The Kier molecular flexibility index (Phi) is 6.40. The molecule has 0 spiro atoms. The van der Waals surface area contributed by atoms with Crippen molar-refractivity contribution in [1.82, 2.24) is 20.9 Å². The van der Waals surface area contributed by atoms with Crippen molar-refractivity contribution in [3.05, 3.63) is 78.1 Å². The maximum Gasteiger partial charge on any atom is 0.258 e. The van der Waals surface area contributed by atoms with Crippen molar-refractivity contribution >= 4 is 11.8 Å². The van der Waals surface area contributed by atoms with Gasteiger partial charge in [0.15, 0.2) is 6.61 Å². The molecule has 1 saturated heterocycles. The molecule has 1 fully saturated rings. The van der Waals surface area contributed by atoms with E-state index in [1.807, 2.05) is 42.5 Å². The molecule has 6 rings (SSSR count). The van der Waals surface area contributed by atoms with Gasteiger partial charge in [0, 0.05) is 31.0 Å². The van der Waals surface area contributed by atoms with Gasteiger partial charge in [-0.25, -0.2) is 0 Å². The highest BCUT2D eigenvalue weighted by Crippen LogP contribution is 2.24. The maximum absolute atomic E-state index is 13.1. The number of hydrogen-bond donors (Lipinski definition) is 3. The Morgan fingerprint density at radius 2 is 1.76 bits per heavy atom. The second-order valence-electron chi connectivity index (χ2n) is 8.43. The lowest BCUT2D eigenvalue weighted by Gasteiger charge is -2.33. The number of nitrogens with zero attached hydrogens (tertiary/aromatic N) is 1. The smallest absolute Gasteiger partial charge is 0.258 e. The van der Waals surface area contributed by atoms with Crippen molar-refractivity contribution in [3.8, 4) is 22.6 Å². The molecule has 3 aliphatic heterocycles. The Bertz CT molecular complexity index is 1180. The predicted molar refractivity (Wildman–Crippen MR) is 127 cm³/mol. The van der Waals surface area contributed by atoms with Crippen molar-refractivity contribution in [1.29, 1.82) is 0 Å². The summed E-state index contributed by atoms with van der Waals surface area (Å²) in [5.74, 6) is 0.874. The fourth-order valence-corrected chi connectivity index (χ4v) is 4.12. The molecule has 0 unspecified atom stereocenters. The van der Waals surface area contributed by atoms with E-state index in [0.717, 1.165) is 35.4 Å². The van der Waals surface area contributed by atoms with E-state index in [1.165, 1.54) is 0 Å². The first-order valence-electron chi connectivity index (χ1n) is 11.4. The molecule has 0 aliphatic carbocycles. The Balaban J connectivity index is 1.46. The number of aromatic nitrogens is 1. The number of carbonyl (C=O) groups is 2. The van der Waals surface area contributed by atoms with Crippen LogP contribution in [0.25, 0.3) is 11.1 Å². The molecule has 6 bridgehead atoms. The third-order valence-corrected chi connectivity index (χ3v) is 5.97. The number of pyridine rings is 1. The number of amides is 2. The fourth-order valence-electron chi connectivity index (χ4n) is 4.12. The average molecular weight is 459 g/mol. The molecule has 2 atom stereocenters. The van der Waals surface area contributed by atoms with Crippen LogP contribution < -0.4 is 25.4 Å². The summed E-state index contributed by atoms with van der Waals surface area (Å²) < 4.78 is 11.9. The van der Waals surface area contributed by atoms with Crippen LogP contribution in [0.5, 0.6) is 11.5 Å². The summed E-state index contributed by atoms with van der Waals surface area (Å²) in [5.41, 5.74) is 3.05. The van der Waals surface area contributed by atoms with E-state index in [9.17, 15) is 9.59 Å². The zero-order valence-electron chi connectivity index (χ0n) is 18.6. The van der Waals surface area contributed by atoms with Gasteiger partial charge in [-0.2, -0.15) is 0 Å². The summed E-state index contributed by atoms with van der Waals surface area (Å²) in [6.45, 7) is 1.74. The Labute approximate surface area is 197 Å². The highest BCUT2D eigenvalue weighted by Gasteiger charge is 2.28. The van der Waals surface area contributed by atoms with E-state index in [4.69, 9.17) is 9.47 Å². The number of carbonyl (C=O) groups excluding carboxylic acids is 2. The Hall–Kier alpha value is -3.91. The Morgan fingerprint density at radius 1 is 0.912 bits per heavy atom. The maximum atomic E-state index is 13.1. The van der Waals surface area contributed by atoms with Crippen LogP contribution in [0.3, 0.4) is 0 Å². The quantitative estimate of drug-likeness (QED) is 0.478. The van der Waals surface area contributed by atoms with Crippen molar-refractivity contribution in [2.24, 2.45) is 0 Å². The normalized spacial score (nSPS) is 20.7. The van der Waals surface area contributed by atoms with E-state index >= 15 is 0 Å². The molecule has 8 heteroatoms. The monoisotopic (exact) mass is 458 g/mol.